The van der Waals surface area contributed by atoms with Gasteiger partial charge in [0.2, 0.25) is 0 Å². The van der Waals surface area contributed by atoms with Gasteiger partial charge in [-0.3, -0.25) is 4.90 Å². The zero-order valence-corrected chi connectivity index (χ0v) is 11.7. The van der Waals surface area contributed by atoms with Gasteiger partial charge in [-0.25, -0.2) is 4.98 Å². The number of aromatic nitrogens is 1. The Morgan fingerprint density at radius 3 is 2.76 bits per heavy atom. The van der Waals surface area contributed by atoms with Crippen LogP contribution in [-0.4, -0.2) is 29.5 Å². The summed E-state index contributed by atoms with van der Waals surface area (Å²) >= 11 is 1.75. The number of likely N-dealkylation sites (tertiary alicyclic amines) is 1. The molecule has 4 heteroatoms. The SMILES string of the molecule is Cc1nc(C(C)N2CCC(CCN)CC2)cs1. The lowest BCUT2D eigenvalue weighted by Crippen LogP contribution is -2.36. The molecule has 1 aliphatic rings. The molecular formula is C13H23N3S. The van der Waals surface area contributed by atoms with Crippen LogP contribution in [0.3, 0.4) is 0 Å². The summed E-state index contributed by atoms with van der Waals surface area (Å²) in [6.45, 7) is 7.59. The van der Waals surface area contributed by atoms with Crippen molar-refractivity contribution < 1.29 is 0 Å². The average molecular weight is 253 g/mol. The number of nitrogens with two attached hydrogens (primary N) is 1. The minimum absolute atomic E-state index is 0.471. The van der Waals surface area contributed by atoms with Crippen molar-refractivity contribution in [2.24, 2.45) is 11.7 Å². The van der Waals surface area contributed by atoms with E-state index in [2.05, 4.69) is 29.1 Å². The Hall–Kier alpha value is -0.450. The van der Waals surface area contributed by atoms with Gasteiger partial charge in [-0.2, -0.15) is 0 Å². The number of thiazole rings is 1. The van der Waals surface area contributed by atoms with Crippen LogP contribution in [0.25, 0.3) is 0 Å². The molecular weight excluding hydrogens is 230 g/mol. The third-order valence-electron chi connectivity index (χ3n) is 3.84. The normalized spacial score (nSPS) is 20.6. The first-order valence-electron chi connectivity index (χ1n) is 6.57. The van der Waals surface area contributed by atoms with E-state index in [0.717, 1.165) is 12.5 Å². The van der Waals surface area contributed by atoms with E-state index < -0.39 is 0 Å². The predicted octanol–water partition coefficient (Wildman–Crippen LogP) is 2.57. The molecule has 2 heterocycles. The van der Waals surface area contributed by atoms with E-state index >= 15 is 0 Å². The zero-order chi connectivity index (χ0) is 12.3. The van der Waals surface area contributed by atoms with Gasteiger partial charge in [-0.15, -0.1) is 11.3 Å². The van der Waals surface area contributed by atoms with Crippen molar-refractivity contribution >= 4 is 11.3 Å². The van der Waals surface area contributed by atoms with E-state index in [4.69, 9.17) is 5.73 Å². The van der Waals surface area contributed by atoms with Crippen LogP contribution in [0, 0.1) is 12.8 Å². The van der Waals surface area contributed by atoms with E-state index in [1.54, 1.807) is 11.3 Å². The van der Waals surface area contributed by atoms with Crippen LogP contribution in [0.1, 0.15) is 42.9 Å². The standard InChI is InChI=1S/C13H23N3S/c1-10(13-9-17-11(2)15-13)16-7-4-12(3-6-14)5-8-16/h9-10,12H,3-8,14H2,1-2H3. The molecule has 1 atom stereocenters. The van der Waals surface area contributed by atoms with E-state index in [1.165, 1.54) is 43.1 Å². The van der Waals surface area contributed by atoms with Gasteiger partial charge < -0.3 is 5.73 Å². The maximum absolute atomic E-state index is 5.63. The maximum Gasteiger partial charge on any atom is 0.0898 e. The maximum atomic E-state index is 5.63. The minimum atomic E-state index is 0.471. The minimum Gasteiger partial charge on any atom is -0.330 e. The Balaban J connectivity index is 1.88. The first-order valence-corrected chi connectivity index (χ1v) is 7.45. The molecule has 1 aliphatic heterocycles. The molecule has 3 nitrogen and oxygen atoms in total. The lowest BCUT2D eigenvalue weighted by atomic mass is 9.93. The molecule has 2 rings (SSSR count). The molecule has 0 amide bonds. The number of piperidine rings is 1. The summed E-state index contributed by atoms with van der Waals surface area (Å²) in [5.74, 6) is 0.848. The highest BCUT2D eigenvalue weighted by molar-refractivity contribution is 7.09. The molecule has 0 radical (unpaired) electrons. The highest BCUT2D eigenvalue weighted by Gasteiger charge is 2.24. The molecule has 0 saturated carbocycles. The fraction of sp³-hybridized carbons (Fsp3) is 0.769. The molecule has 1 aromatic heterocycles. The number of hydrogen-bond acceptors (Lipinski definition) is 4. The molecule has 1 saturated heterocycles. The van der Waals surface area contributed by atoms with Crippen molar-refractivity contribution in [2.75, 3.05) is 19.6 Å². The van der Waals surface area contributed by atoms with Crippen molar-refractivity contribution in [3.8, 4) is 0 Å². The van der Waals surface area contributed by atoms with Crippen LogP contribution in [0.5, 0.6) is 0 Å². The van der Waals surface area contributed by atoms with Gasteiger partial charge in [-0.1, -0.05) is 0 Å². The summed E-state index contributed by atoms with van der Waals surface area (Å²) in [4.78, 5) is 7.16. The second kappa shape index (κ2) is 5.94. The predicted molar refractivity (Wildman–Crippen MR) is 73.2 cm³/mol. The van der Waals surface area contributed by atoms with Gasteiger partial charge in [0.1, 0.15) is 0 Å². The highest BCUT2D eigenvalue weighted by atomic mass is 32.1. The van der Waals surface area contributed by atoms with Crippen LogP contribution in [0.15, 0.2) is 5.38 Å². The largest absolute Gasteiger partial charge is 0.330 e. The summed E-state index contributed by atoms with van der Waals surface area (Å²) in [5.41, 5.74) is 6.87. The van der Waals surface area contributed by atoms with Gasteiger partial charge in [0.25, 0.3) is 0 Å². The second-order valence-corrected chi connectivity index (χ2v) is 6.09. The van der Waals surface area contributed by atoms with E-state index in [0.29, 0.717) is 6.04 Å². The zero-order valence-electron chi connectivity index (χ0n) is 10.9. The Bertz CT molecular complexity index is 342. The van der Waals surface area contributed by atoms with Crippen LogP contribution in [0.2, 0.25) is 0 Å². The fourth-order valence-electron chi connectivity index (χ4n) is 2.62. The summed E-state index contributed by atoms with van der Waals surface area (Å²) in [5, 5.41) is 3.37. The Kier molecular flexibility index (Phi) is 4.54. The molecule has 1 aromatic rings. The lowest BCUT2D eigenvalue weighted by molar-refractivity contribution is 0.136. The van der Waals surface area contributed by atoms with Crippen molar-refractivity contribution in [2.45, 2.75) is 39.2 Å². The quantitative estimate of drug-likeness (QED) is 0.897. The van der Waals surface area contributed by atoms with Gasteiger partial charge in [0.05, 0.1) is 16.7 Å². The fourth-order valence-corrected chi connectivity index (χ4v) is 3.32. The van der Waals surface area contributed by atoms with Crippen molar-refractivity contribution in [1.29, 1.82) is 0 Å². The molecule has 1 fully saturated rings. The third-order valence-corrected chi connectivity index (χ3v) is 4.63. The average Bonchev–Trinajstić information content (AvgIpc) is 2.76. The number of rotatable bonds is 4. The third kappa shape index (κ3) is 3.27. The van der Waals surface area contributed by atoms with E-state index in [-0.39, 0.29) is 0 Å². The van der Waals surface area contributed by atoms with Crippen LogP contribution >= 0.6 is 11.3 Å². The molecule has 0 aliphatic carbocycles. The lowest BCUT2D eigenvalue weighted by Gasteiger charge is -2.35. The van der Waals surface area contributed by atoms with Gasteiger partial charge in [0.15, 0.2) is 0 Å². The summed E-state index contributed by atoms with van der Waals surface area (Å²) in [6, 6.07) is 0.471. The summed E-state index contributed by atoms with van der Waals surface area (Å²) in [6.07, 6.45) is 3.79. The first-order chi connectivity index (χ1) is 8.20. The molecule has 96 valence electrons. The van der Waals surface area contributed by atoms with Gasteiger partial charge in [-0.05, 0) is 58.7 Å². The van der Waals surface area contributed by atoms with E-state index in [9.17, 15) is 0 Å². The Labute approximate surface area is 108 Å². The molecule has 0 bridgehead atoms. The topological polar surface area (TPSA) is 42.2 Å². The molecule has 1 unspecified atom stereocenters. The molecule has 0 spiro atoms. The Morgan fingerprint density at radius 2 is 2.24 bits per heavy atom. The van der Waals surface area contributed by atoms with Crippen molar-refractivity contribution in [3.63, 3.8) is 0 Å². The summed E-state index contributed by atoms with van der Waals surface area (Å²) < 4.78 is 0. The smallest absolute Gasteiger partial charge is 0.0898 e. The number of aryl methyl sites for hydroxylation is 1. The van der Waals surface area contributed by atoms with Gasteiger partial charge in [0, 0.05) is 5.38 Å². The molecule has 2 N–H and O–H groups in total. The monoisotopic (exact) mass is 253 g/mol. The van der Waals surface area contributed by atoms with Gasteiger partial charge >= 0.3 is 0 Å². The number of nitrogens with zero attached hydrogens (tertiary/aromatic N) is 2. The van der Waals surface area contributed by atoms with Crippen molar-refractivity contribution in [1.82, 2.24) is 9.88 Å². The van der Waals surface area contributed by atoms with Crippen molar-refractivity contribution in [3.05, 3.63) is 16.1 Å². The van der Waals surface area contributed by atoms with E-state index in [1.807, 2.05) is 0 Å². The highest BCUT2D eigenvalue weighted by Crippen LogP contribution is 2.28. The van der Waals surface area contributed by atoms with Crippen LogP contribution < -0.4 is 5.73 Å². The molecule has 0 aromatic carbocycles. The Morgan fingerprint density at radius 1 is 1.53 bits per heavy atom. The number of hydrogen-bond donors (Lipinski definition) is 1. The molecule has 17 heavy (non-hydrogen) atoms. The second-order valence-electron chi connectivity index (χ2n) is 5.02. The summed E-state index contributed by atoms with van der Waals surface area (Å²) in [7, 11) is 0. The first kappa shape index (κ1) is 13.0. The van der Waals surface area contributed by atoms with Crippen LogP contribution in [-0.2, 0) is 0 Å². The van der Waals surface area contributed by atoms with Crippen LogP contribution in [0.4, 0.5) is 0 Å².